The van der Waals surface area contributed by atoms with Gasteiger partial charge in [0.05, 0.1) is 14.6 Å². The third kappa shape index (κ3) is 2.60. The van der Waals surface area contributed by atoms with Gasteiger partial charge in [-0.25, -0.2) is 8.93 Å². The molecule has 1 atom stereocenters. The van der Waals surface area contributed by atoms with Crippen LogP contribution in [-0.2, 0) is 9.71 Å². The van der Waals surface area contributed by atoms with Crippen LogP contribution in [0.3, 0.4) is 0 Å². The molecule has 102 valence electrons. The lowest BCUT2D eigenvalue weighted by atomic mass is 10.1. The lowest BCUT2D eigenvalue weighted by molar-refractivity contribution is 0.672. The molecule has 19 heavy (non-hydrogen) atoms. The van der Waals surface area contributed by atoms with Gasteiger partial charge in [-0.1, -0.05) is 31.2 Å². The van der Waals surface area contributed by atoms with Crippen molar-refractivity contribution < 1.29 is 4.21 Å². The van der Waals surface area contributed by atoms with E-state index in [1.807, 2.05) is 45.3 Å². The average Bonchev–Trinajstić information content (AvgIpc) is 2.37. The second-order valence-corrected chi connectivity index (χ2v) is 6.77. The monoisotopic (exact) mass is 276 g/mol. The van der Waals surface area contributed by atoms with Crippen LogP contribution in [-0.4, -0.2) is 30.7 Å². The molecule has 1 N–H and O–H groups in total. The summed E-state index contributed by atoms with van der Waals surface area (Å²) >= 11 is 0. The molecule has 0 spiro atoms. The quantitative estimate of drug-likeness (QED) is 0.870. The third-order valence-electron chi connectivity index (χ3n) is 3.07. The van der Waals surface area contributed by atoms with Crippen LogP contribution in [0.2, 0.25) is 0 Å². The first-order chi connectivity index (χ1) is 8.97. The van der Waals surface area contributed by atoms with Crippen molar-refractivity contribution in [2.24, 2.45) is 0 Å². The summed E-state index contributed by atoms with van der Waals surface area (Å²) in [7, 11) is 1.57. The van der Waals surface area contributed by atoms with E-state index in [1.165, 1.54) is 0 Å². The van der Waals surface area contributed by atoms with E-state index in [9.17, 15) is 4.21 Å². The number of hydrogen-bond acceptors (Lipinski definition) is 2. The van der Waals surface area contributed by atoms with Crippen molar-refractivity contribution in [1.82, 2.24) is 4.72 Å². The molecule has 2 aromatic carbocycles. The molecule has 0 bridgehead atoms. The van der Waals surface area contributed by atoms with Gasteiger partial charge in [-0.3, -0.25) is 0 Å². The fraction of sp³-hybridized carbons (Fsp3) is 0.267. The minimum absolute atomic E-state index is 0.631. The molecule has 0 fully saturated rings. The fourth-order valence-electron chi connectivity index (χ4n) is 2.25. The Labute approximate surface area is 115 Å². The Morgan fingerprint density at radius 3 is 2.42 bits per heavy atom. The lowest BCUT2D eigenvalue weighted by Gasteiger charge is -2.18. The van der Waals surface area contributed by atoms with Crippen molar-refractivity contribution in [3.8, 4) is 0 Å². The minimum atomic E-state index is -2.45. The van der Waals surface area contributed by atoms with Crippen LogP contribution in [0.4, 0.5) is 5.69 Å². The SMILES string of the molecule is C=S(=O)(NCC)c1cccc2c(N(C)C)cccc12. The highest BCUT2D eigenvalue weighted by molar-refractivity contribution is 7.98. The second kappa shape index (κ2) is 5.23. The van der Waals surface area contributed by atoms with Crippen LogP contribution in [0.1, 0.15) is 6.92 Å². The Morgan fingerprint density at radius 1 is 1.16 bits per heavy atom. The topological polar surface area (TPSA) is 32.3 Å². The molecule has 0 aliphatic rings. The highest BCUT2D eigenvalue weighted by Gasteiger charge is 2.12. The number of fused-ring (bicyclic) bond motifs is 1. The summed E-state index contributed by atoms with van der Waals surface area (Å²) in [6.45, 7) is 2.56. The molecule has 0 radical (unpaired) electrons. The normalized spacial score (nSPS) is 14.3. The van der Waals surface area contributed by atoms with Crippen molar-refractivity contribution in [2.75, 3.05) is 25.5 Å². The summed E-state index contributed by atoms with van der Waals surface area (Å²) in [6, 6.07) is 11.9. The van der Waals surface area contributed by atoms with Gasteiger partial charge in [0.25, 0.3) is 0 Å². The predicted octanol–water partition coefficient (Wildman–Crippen LogP) is 2.51. The van der Waals surface area contributed by atoms with E-state index in [0.717, 1.165) is 21.4 Å². The van der Waals surface area contributed by atoms with Crippen LogP contribution in [0.25, 0.3) is 10.8 Å². The van der Waals surface area contributed by atoms with Gasteiger partial charge in [0.1, 0.15) is 0 Å². The van der Waals surface area contributed by atoms with Crippen LogP contribution >= 0.6 is 0 Å². The van der Waals surface area contributed by atoms with E-state index in [-0.39, 0.29) is 0 Å². The molecule has 0 aliphatic heterocycles. The van der Waals surface area contributed by atoms with Gasteiger partial charge in [0.2, 0.25) is 0 Å². The zero-order valence-electron chi connectivity index (χ0n) is 11.6. The lowest BCUT2D eigenvalue weighted by Crippen LogP contribution is -2.23. The molecule has 2 rings (SSSR count). The minimum Gasteiger partial charge on any atom is -0.377 e. The summed E-state index contributed by atoms with van der Waals surface area (Å²) < 4.78 is 15.6. The molecule has 0 amide bonds. The van der Waals surface area contributed by atoms with Gasteiger partial charge < -0.3 is 4.90 Å². The molecule has 1 unspecified atom stereocenters. The van der Waals surface area contributed by atoms with Crippen molar-refractivity contribution in [1.29, 1.82) is 0 Å². The molecule has 3 nitrogen and oxygen atoms in total. The third-order valence-corrected chi connectivity index (χ3v) is 4.90. The summed E-state index contributed by atoms with van der Waals surface area (Å²) in [5.41, 5.74) is 1.12. The van der Waals surface area contributed by atoms with E-state index in [1.54, 1.807) is 0 Å². The molecular weight excluding hydrogens is 256 g/mol. The Kier molecular flexibility index (Phi) is 3.83. The Hall–Kier alpha value is -1.52. The first-order valence-corrected chi connectivity index (χ1v) is 8.01. The molecule has 0 saturated heterocycles. The number of nitrogens with one attached hydrogen (secondary N) is 1. The maximum atomic E-state index is 12.6. The number of rotatable bonds is 4. The van der Waals surface area contributed by atoms with Crippen LogP contribution in [0.5, 0.6) is 0 Å². The van der Waals surface area contributed by atoms with Gasteiger partial charge in [-0.2, -0.15) is 0 Å². The van der Waals surface area contributed by atoms with Gasteiger partial charge in [-0.05, 0) is 18.0 Å². The molecule has 0 heterocycles. The molecule has 0 aliphatic carbocycles. The van der Waals surface area contributed by atoms with Crippen molar-refractivity contribution in [3.63, 3.8) is 0 Å². The Bertz CT molecular complexity index is 690. The number of anilines is 1. The zero-order valence-corrected chi connectivity index (χ0v) is 12.5. The van der Waals surface area contributed by atoms with Crippen molar-refractivity contribution in [3.05, 3.63) is 36.4 Å². The maximum absolute atomic E-state index is 12.6. The molecule has 2 aromatic rings. The number of benzene rings is 2. The Morgan fingerprint density at radius 2 is 1.79 bits per heavy atom. The van der Waals surface area contributed by atoms with E-state index < -0.39 is 9.71 Å². The first kappa shape index (κ1) is 13.9. The van der Waals surface area contributed by atoms with Gasteiger partial charge >= 0.3 is 0 Å². The molecule has 0 saturated carbocycles. The van der Waals surface area contributed by atoms with E-state index in [2.05, 4.69) is 27.6 Å². The Balaban J connectivity index is 2.75. The highest BCUT2D eigenvalue weighted by atomic mass is 32.2. The van der Waals surface area contributed by atoms with E-state index >= 15 is 0 Å². The van der Waals surface area contributed by atoms with Gasteiger partial charge in [-0.15, -0.1) is 0 Å². The van der Waals surface area contributed by atoms with Gasteiger partial charge in [0, 0.05) is 37.1 Å². The van der Waals surface area contributed by atoms with Crippen molar-refractivity contribution >= 4 is 32.0 Å². The fourth-order valence-corrected chi connectivity index (χ4v) is 3.71. The van der Waals surface area contributed by atoms with Crippen LogP contribution < -0.4 is 9.62 Å². The summed E-state index contributed by atoms with van der Waals surface area (Å²) in [4.78, 5) is 2.83. The molecule has 4 heteroatoms. The molecule has 0 aromatic heterocycles. The standard InChI is InChI=1S/C15H20N2OS/c1-5-16-19(4,18)15-11-7-8-12-13(15)9-6-10-14(12)17(2)3/h6-11H,4-5H2,1-3H3,(H,16,18). The largest absolute Gasteiger partial charge is 0.377 e. The number of nitrogens with zero attached hydrogens (tertiary/aromatic N) is 1. The predicted molar refractivity (Wildman–Crippen MR) is 85.5 cm³/mol. The zero-order chi connectivity index (χ0) is 14.0. The first-order valence-electron chi connectivity index (χ1n) is 6.28. The van der Waals surface area contributed by atoms with Crippen LogP contribution in [0, 0.1) is 0 Å². The van der Waals surface area contributed by atoms with Crippen LogP contribution in [0.15, 0.2) is 41.3 Å². The van der Waals surface area contributed by atoms with E-state index in [0.29, 0.717) is 6.54 Å². The highest BCUT2D eigenvalue weighted by Crippen LogP contribution is 2.29. The average molecular weight is 276 g/mol. The van der Waals surface area contributed by atoms with Crippen molar-refractivity contribution in [2.45, 2.75) is 11.8 Å². The number of hydrogen-bond donors (Lipinski definition) is 1. The molecular formula is C15H20N2OS. The maximum Gasteiger partial charge on any atom is 0.0539 e. The van der Waals surface area contributed by atoms with Gasteiger partial charge in [0.15, 0.2) is 0 Å². The summed E-state index contributed by atoms with van der Waals surface area (Å²) in [6.07, 6.45) is 0. The summed E-state index contributed by atoms with van der Waals surface area (Å²) in [5, 5.41) is 2.09. The second-order valence-electron chi connectivity index (χ2n) is 4.70. The summed E-state index contributed by atoms with van der Waals surface area (Å²) in [5.74, 6) is 3.86. The smallest absolute Gasteiger partial charge is 0.0539 e. The van der Waals surface area contributed by atoms with E-state index in [4.69, 9.17) is 0 Å².